The van der Waals surface area contributed by atoms with Crippen LogP contribution in [-0.2, 0) is 34.0 Å². The minimum Gasteiger partial charge on any atom is -0.390 e. The molecule has 0 aromatic heterocycles. The Hall–Kier alpha value is -3.23. The lowest BCUT2D eigenvalue weighted by molar-refractivity contribution is -0.168. The Bertz CT molecular complexity index is 1090. The Kier molecular flexibility index (Phi) is 11.1. The third-order valence-corrected chi connectivity index (χ3v) is 5.88. The molecular formula is C29H35N3O5. The van der Waals surface area contributed by atoms with E-state index in [1.807, 2.05) is 91.0 Å². The molecule has 3 rings (SSSR count). The molecule has 0 radical (unpaired) electrons. The largest absolute Gasteiger partial charge is 0.390 e. The Morgan fingerprint density at radius 3 is 1.62 bits per heavy atom. The van der Waals surface area contributed by atoms with E-state index in [0.717, 1.165) is 16.7 Å². The molecule has 0 aliphatic carbocycles. The second kappa shape index (κ2) is 14.5. The van der Waals surface area contributed by atoms with E-state index in [2.05, 4.69) is 10.0 Å². The third-order valence-electron chi connectivity index (χ3n) is 5.88. The maximum atomic E-state index is 11.3. The van der Waals surface area contributed by atoms with E-state index >= 15 is 0 Å². The molecule has 2 N–H and O–H groups in total. The smallest absolute Gasteiger partial charge is 0.113 e. The lowest BCUT2D eigenvalue weighted by atomic mass is 9.89. The molecule has 0 unspecified atom stereocenters. The van der Waals surface area contributed by atoms with Gasteiger partial charge in [0.25, 0.3) is 0 Å². The summed E-state index contributed by atoms with van der Waals surface area (Å²) in [7, 11) is 0. The van der Waals surface area contributed by atoms with Gasteiger partial charge in [-0.25, -0.2) is 0 Å². The first-order valence-corrected chi connectivity index (χ1v) is 12.3. The first-order chi connectivity index (χ1) is 17.9. The number of benzene rings is 3. The number of aliphatic hydroxyl groups excluding tert-OH is 1. The first-order valence-electron chi connectivity index (χ1n) is 12.3. The van der Waals surface area contributed by atoms with Gasteiger partial charge in [0.1, 0.15) is 12.2 Å². The van der Waals surface area contributed by atoms with Crippen molar-refractivity contribution in [1.82, 2.24) is 0 Å². The number of aliphatic hydroxyl groups is 2. The summed E-state index contributed by atoms with van der Waals surface area (Å²) in [6.45, 7) is 3.69. The van der Waals surface area contributed by atoms with Crippen LogP contribution in [0.3, 0.4) is 0 Å². The maximum Gasteiger partial charge on any atom is 0.113 e. The highest BCUT2D eigenvalue weighted by Gasteiger charge is 2.42. The van der Waals surface area contributed by atoms with Gasteiger partial charge in [-0.3, -0.25) is 0 Å². The summed E-state index contributed by atoms with van der Waals surface area (Å²) in [5.74, 6) is 0. The van der Waals surface area contributed by atoms with Crippen molar-refractivity contribution in [2.45, 2.75) is 63.6 Å². The normalized spacial score (nSPS) is 14.8. The van der Waals surface area contributed by atoms with E-state index < -0.39 is 30.0 Å². The highest BCUT2D eigenvalue weighted by atomic mass is 16.6. The number of nitrogens with zero attached hydrogens (tertiary/aromatic N) is 3. The minimum atomic E-state index is -1.45. The van der Waals surface area contributed by atoms with E-state index in [1.54, 1.807) is 0 Å². The molecule has 3 aromatic rings. The molecule has 3 aromatic carbocycles. The second-order valence-electron chi connectivity index (χ2n) is 9.39. The first kappa shape index (κ1) is 28.3. The van der Waals surface area contributed by atoms with Gasteiger partial charge < -0.3 is 24.4 Å². The van der Waals surface area contributed by atoms with Crippen LogP contribution in [0, 0.1) is 0 Å². The molecule has 0 amide bonds. The van der Waals surface area contributed by atoms with Gasteiger partial charge >= 0.3 is 0 Å². The van der Waals surface area contributed by atoms with Gasteiger partial charge in [-0.05, 0) is 36.1 Å². The molecule has 0 bridgehead atoms. The van der Waals surface area contributed by atoms with Gasteiger partial charge in [0.15, 0.2) is 0 Å². The van der Waals surface area contributed by atoms with Crippen molar-refractivity contribution >= 4 is 0 Å². The van der Waals surface area contributed by atoms with E-state index in [-0.39, 0.29) is 19.8 Å². The van der Waals surface area contributed by atoms with Crippen LogP contribution in [0.5, 0.6) is 0 Å². The molecular weight excluding hydrogens is 470 g/mol. The summed E-state index contributed by atoms with van der Waals surface area (Å²) < 4.78 is 18.3. The fraction of sp³-hybridized carbons (Fsp3) is 0.379. The summed E-state index contributed by atoms with van der Waals surface area (Å²) in [6, 6.07) is 27.6. The summed E-state index contributed by atoms with van der Waals surface area (Å²) in [6.07, 6.45) is -3.08. The fourth-order valence-corrected chi connectivity index (χ4v) is 3.96. The summed E-state index contributed by atoms with van der Waals surface area (Å²) in [5.41, 5.74) is 10.6. The highest BCUT2D eigenvalue weighted by Crippen LogP contribution is 2.27. The molecule has 8 nitrogen and oxygen atoms in total. The van der Waals surface area contributed by atoms with Crippen molar-refractivity contribution in [3.05, 3.63) is 118 Å². The van der Waals surface area contributed by atoms with Gasteiger partial charge in [0.05, 0.1) is 44.2 Å². The van der Waals surface area contributed by atoms with Crippen LogP contribution in [0.25, 0.3) is 10.4 Å². The zero-order valence-corrected chi connectivity index (χ0v) is 21.3. The van der Waals surface area contributed by atoms with Crippen LogP contribution >= 0.6 is 0 Å². The summed E-state index contributed by atoms with van der Waals surface area (Å²) in [5, 5.41) is 26.0. The third kappa shape index (κ3) is 9.30. The van der Waals surface area contributed by atoms with Crippen molar-refractivity contribution in [3.63, 3.8) is 0 Å². The van der Waals surface area contributed by atoms with Gasteiger partial charge in [-0.15, -0.1) is 0 Å². The van der Waals surface area contributed by atoms with Crippen LogP contribution in [0.1, 0.15) is 30.5 Å². The molecule has 0 heterocycles. The standard InChI is InChI=1S/C29H35N3O5/c1-29(2,34)28(31-32-30)27(37-20-24-16-10-5-11-17-24)26(36-19-23-14-8-4-9-15-23)25(33)21-35-18-22-12-6-3-7-13-22/h3-17,25-28,33-34H,18-21H2,1-2H3/t25-,26-,27-,28+/m0/s1. The molecule has 0 spiro atoms. The number of azide groups is 1. The number of hydrogen-bond donors (Lipinski definition) is 2. The maximum absolute atomic E-state index is 11.3. The van der Waals surface area contributed by atoms with Gasteiger partial charge in [0, 0.05) is 4.91 Å². The molecule has 4 atom stereocenters. The lowest BCUT2D eigenvalue weighted by Gasteiger charge is -2.38. The van der Waals surface area contributed by atoms with E-state index in [4.69, 9.17) is 14.2 Å². The summed E-state index contributed by atoms with van der Waals surface area (Å²) in [4.78, 5) is 2.96. The zero-order chi connectivity index (χ0) is 26.5. The summed E-state index contributed by atoms with van der Waals surface area (Å²) >= 11 is 0. The predicted octanol–water partition coefficient (Wildman–Crippen LogP) is 5.18. The number of rotatable bonds is 15. The van der Waals surface area contributed by atoms with Crippen LogP contribution < -0.4 is 0 Å². The molecule has 8 heteroatoms. The second-order valence-corrected chi connectivity index (χ2v) is 9.39. The Balaban J connectivity index is 1.85. The monoisotopic (exact) mass is 505 g/mol. The SMILES string of the molecule is CC(C)(O)[C@H](N=[N+]=[N-])[C@@H](OCc1ccccc1)[C@@H](OCc1ccccc1)[C@@H](O)COCc1ccccc1. The zero-order valence-electron chi connectivity index (χ0n) is 21.3. The fourth-order valence-electron chi connectivity index (χ4n) is 3.96. The molecule has 0 aliphatic heterocycles. The molecule has 0 aliphatic rings. The minimum absolute atomic E-state index is 0.0472. The molecule has 37 heavy (non-hydrogen) atoms. The van der Waals surface area contributed by atoms with Gasteiger partial charge in [0.2, 0.25) is 0 Å². The van der Waals surface area contributed by atoms with Crippen LogP contribution in [0.2, 0.25) is 0 Å². The molecule has 0 saturated carbocycles. The van der Waals surface area contributed by atoms with E-state index in [0.29, 0.717) is 6.61 Å². The lowest BCUT2D eigenvalue weighted by Crippen LogP contribution is -2.54. The van der Waals surface area contributed by atoms with E-state index in [9.17, 15) is 15.7 Å². The Labute approximate surface area is 218 Å². The predicted molar refractivity (Wildman–Crippen MR) is 141 cm³/mol. The van der Waals surface area contributed by atoms with Crippen LogP contribution in [0.4, 0.5) is 0 Å². The Morgan fingerprint density at radius 1 is 0.757 bits per heavy atom. The number of hydrogen-bond acceptors (Lipinski definition) is 6. The van der Waals surface area contributed by atoms with Gasteiger partial charge in [-0.1, -0.05) is 96.1 Å². The van der Waals surface area contributed by atoms with Crippen molar-refractivity contribution < 1.29 is 24.4 Å². The van der Waals surface area contributed by atoms with Crippen molar-refractivity contribution in [2.75, 3.05) is 6.61 Å². The quantitative estimate of drug-likeness (QED) is 0.168. The van der Waals surface area contributed by atoms with E-state index in [1.165, 1.54) is 13.8 Å². The molecule has 0 saturated heterocycles. The van der Waals surface area contributed by atoms with Crippen molar-refractivity contribution in [1.29, 1.82) is 0 Å². The van der Waals surface area contributed by atoms with Crippen LogP contribution in [0.15, 0.2) is 96.1 Å². The average Bonchev–Trinajstić information content (AvgIpc) is 2.90. The van der Waals surface area contributed by atoms with Crippen molar-refractivity contribution in [3.8, 4) is 0 Å². The highest BCUT2D eigenvalue weighted by molar-refractivity contribution is 5.15. The number of ether oxygens (including phenoxy) is 3. The average molecular weight is 506 g/mol. The van der Waals surface area contributed by atoms with Crippen molar-refractivity contribution in [2.24, 2.45) is 5.11 Å². The molecule has 0 fully saturated rings. The molecule has 196 valence electrons. The Morgan fingerprint density at radius 2 is 1.19 bits per heavy atom. The van der Waals surface area contributed by atoms with Crippen LogP contribution in [-0.4, -0.2) is 46.8 Å². The van der Waals surface area contributed by atoms with Gasteiger partial charge in [-0.2, -0.15) is 0 Å². The topological polar surface area (TPSA) is 117 Å².